The largest absolute Gasteiger partial charge is 0.326 e. The van der Waals surface area contributed by atoms with Gasteiger partial charge in [0.05, 0.1) is 16.6 Å². The van der Waals surface area contributed by atoms with Gasteiger partial charge in [0.1, 0.15) is 5.69 Å². The molecule has 1 aromatic carbocycles. The molecule has 1 aliphatic rings. The van der Waals surface area contributed by atoms with Gasteiger partial charge in [-0.25, -0.2) is 4.79 Å². The number of benzene rings is 1. The van der Waals surface area contributed by atoms with Crippen molar-refractivity contribution >= 4 is 16.7 Å². The summed E-state index contributed by atoms with van der Waals surface area (Å²) in [6, 6.07) is 7.12. The highest BCUT2D eigenvalue weighted by Gasteiger charge is 2.30. The summed E-state index contributed by atoms with van der Waals surface area (Å²) in [4.78, 5) is 40.1. The Morgan fingerprint density at radius 3 is 2.63 bits per heavy atom. The number of aromatic amines is 2. The number of hydrogen-bond donors (Lipinski definition) is 2. The Bertz CT molecular complexity index is 975. The molecule has 3 heterocycles. The lowest BCUT2D eigenvalue weighted by Crippen LogP contribution is -2.21. The number of carbonyl (C=O) groups is 1. The fourth-order valence-electron chi connectivity index (χ4n) is 2.54. The predicted octanol–water partition coefficient (Wildman–Crippen LogP) is 0.551. The zero-order valence-electron chi connectivity index (χ0n) is 9.56. The molecule has 0 saturated carbocycles. The Labute approximate surface area is 105 Å². The van der Waals surface area contributed by atoms with E-state index in [9.17, 15) is 14.4 Å². The van der Waals surface area contributed by atoms with Crippen molar-refractivity contribution in [3.05, 3.63) is 62.6 Å². The maximum atomic E-state index is 12.3. The number of H-pyrrole nitrogens is 2. The average Bonchev–Trinajstić information content (AvgIpc) is 2.88. The summed E-state index contributed by atoms with van der Waals surface area (Å²) in [7, 11) is 0. The van der Waals surface area contributed by atoms with Crippen LogP contribution in [-0.4, -0.2) is 20.3 Å². The third-order valence-electron chi connectivity index (χ3n) is 3.34. The van der Waals surface area contributed by atoms with Crippen molar-refractivity contribution in [1.82, 2.24) is 14.5 Å². The summed E-state index contributed by atoms with van der Waals surface area (Å²) in [5, 5.41) is 0.303. The van der Waals surface area contributed by atoms with E-state index in [1.165, 1.54) is 0 Å². The van der Waals surface area contributed by atoms with Crippen molar-refractivity contribution in [1.29, 1.82) is 0 Å². The Balaban J connectivity index is 2.24. The van der Waals surface area contributed by atoms with E-state index < -0.39 is 11.2 Å². The van der Waals surface area contributed by atoms with Crippen molar-refractivity contribution in [3.8, 4) is 5.69 Å². The lowest BCUT2D eigenvalue weighted by atomic mass is 10.1. The molecule has 6 nitrogen and oxygen atoms in total. The highest BCUT2D eigenvalue weighted by atomic mass is 16.2. The smallest absolute Gasteiger partial charge is 0.310 e. The third-order valence-corrected chi connectivity index (χ3v) is 3.34. The van der Waals surface area contributed by atoms with E-state index in [0.717, 1.165) is 5.69 Å². The lowest BCUT2D eigenvalue weighted by Gasteiger charge is -1.98. The molecule has 19 heavy (non-hydrogen) atoms. The van der Waals surface area contributed by atoms with Gasteiger partial charge in [0.2, 0.25) is 5.78 Å². The summed E-state index contributed by atoms with van der Waals surface area (Å²) in [6.45, 7) is 0. The standard InChI is InChI=1S/C13H7N3O3/c17-11-6-3-1-2-4-8(6)16-5-7-9(10(11)16)14-13(19)15-12(7)18/h1-5H,(H2,14,15,18,19). The fraction of sp³-hybridized carbons (Fsp3) is 0. The van der Waals surface area contributed by atoms with Gasteiger partial charge < -0.3 is 9.55 Å². The van der Waals surface area contributed by atoms with Crippen LogP contribution in [-0.2, 0) is 0 Å². The Kier molecular flexibility index (Phi) is 1.65. The molecule has 0 amide bonds. The molecule has 0 aliphatic carbocycles. The first-order valence-electron chi connectivity index (χ1n) is 5.68. The van der Waals surface area contributed by atoms with Gasteiger partial charge in [-0.05, 0) is 12.1 Å². The van der Waals surface area contributed by atoms with E-state index in [1.807, 2.05) is 6.07 Å². The summed E-state index contributed by atoms with van der Waals surface area (Å²) < 4.78 is 1.65. The minimum Gasteiger partial charge on any atom is -0.310 e. The molecule has 0 spiro atoms. The second-order valence-corrected chi connectivity index (χ2v) is 4.39. The number of fused-ring (bicyclic) bond motifs is 5. The van der Waals surface area contributed by atoms with Gasteiger partial charge in [0.25, 0.3) is 5.56 Å². The number of nitrogens with zero attached hydrogens (tertiary/aromatic N) is 1. The van der Waals surface area contributed by atoms with Crippen LogP contribution in [0.25, 0.3) is 16.6 Å². The quantitative estimate of drug-likeness (QED) is 0.479. The van der Waals surface area contributed by atoms with Gasteiger partial charge in [-0.3, -0.25) is 14.6 Å². The topological polar surface area (TPSA) is 87.7 Å². The predicted molar refractivity (Wildman–Crippen MR) is 67.9 cm³/mol. The third kappa shape index (κ3) is 1.12. The van der Waals surface area contributed by atoms with Crippen LogP contribution in [0.2, 0.25) is 0 Å². The Morgan fingerprint density at radius 1 is 1.00 bits per heavy atom. The van der Waals surface area contributed by atoms with Gasteiger partial charge >= 0.3 is 5.69 Å². The van der Waals surface area contributed by atoms with Crippen LogP contribution in [0.3, 0.4) is 0 Å². The molecule has 0 fully saturated rings. The van der Waals surface area contributed by atoms with Gasteiger partial charge in [-0.1, -0.05) is 12.1 Å². The lowest BCUT2D eigenvalue weighted by molar-refractivity contribution is 0.104. The molecule has 0 radical (unpaired) electrons. The molecule has 92 valence electrons. The zero-order chi connectivity index (χ0) is 13.1. The Morgan fingerprint density at radius 2 is 1.79 bits per heavy atom. The SMILES string of the molecule is O=C1c2ccccc2-n2cc3c(=O)[nH]c(=O)[nH]c3c21. The van der Waals surface area contributed by atoms with Gasteiger partial charge in [0.15, 0.2) is 0 Å². The maximum Gasteiger partial charge on any atom is 0.326 e. The van der Waals surface area contributed by atoms with Gasteiger partial charge in [-0.2, -0.15) is 0 Å². The van der Waals surface area contributed by atoms with E-state index in [2.05, 4.69) is 9.97 Å². The van der Waals surface area contributed by atoms with Gasteiger partial charge in [-0.15, -0.1) is 0 Å². The number of carbonyl (C=O) groups excluding carboxylic acids is 1. The van der Waals surface area contributed by atoms with E-state index in [1.54, 1.807) is 29.0 Å². The normalized spacial score (nSPS) is 12.7. The highest BCUT2D eigenvalue weighted by molar-refractivity contribution is 6.19. The molecule has 3 aromatic rings. The molecule has 0 atom stereocenters. The van der Waals surface area contributed by atoms with Crippen LogP contribution < -0.4 is 11.2 Å². The minimum atomic E-state index is -0.616. The number of aromatic nitrogens is 3. The summed E-state index contributed by atoms with van der Waals surface area (Å²) in [5.74, 6) is -0.188. The van der Waals surface area contributed by atoms with E-state index in [-0.39, 0.29) is 11.3 Å². The molecular formula is C13H7N3O3. The molecule has 0 saturated heterocycles. The first-order chi connectivity index (χ1) is 9.16. The molecular weight excluding hydrogens is 246 g/mol. The molecule has 2 N–H and O–H groups in total. The van der Waals surface area contributed by atoms with Crippen molar-refractivity contribution in [2.45, 2.75) is 0 Å². The van der Waals surface area contributed by atoms with E-state index >= 15 is 0 Å². The first kappa shape index (κ1) is 10.1. The summed E-state index contributed by atoms with van der Waals surface area (Å²) in [5.41, 5.74) is 0.801. The average molecular weight is 253 g/mol. The molecule has 0 unspecified atom stereocenters. The summed E-state index contributed by atoms with van der Waals surface area (Å²) >= 11 is 0. The number of nitrogens with one attached hydrogen (secondary N) is 2. The summed E-state index contributed by atoms with van der Waals surface area (Å²) in [6.07, 6.45) is 1.57. The van der Waals surface area contributed by atoms with Crippen molar-refractivity contribution in [2.75, 3.05) is 0 Å². The fourth-order valence-corrected chi connectivity index (χ4v) is 2.54. The van der Waals surface area contributed by atoms with Crippen molar-refractivity contribution in [3.63, 3.8) is 0 Å². The number of rotatable bonds is 0. The van der Waals surface area contributed by atoms with Crippen molar-refractivity contribution < 1.29 is 4.79 Å². The van der Waals surface area contributed by atoms with Crippen molar-refractivity contribution in [2.24, 2.45) is 0 Å². The van der Waals surface area contributed by atoms with Crippen LogP contribution in [0, 0.1) is 0 Å². The molecule has 4 rings (SSSR count). The van der Waals surface area contributed by atoms with Crippen LogP contribution in [0.5, 0.6) is 0 Å². The molecule has 1 aliphatic heterocycles. The van der Waals surface area contributed by atoms with Crippen LogP contribution >= 0.6 is 0 Å². The molecule has 6 heteroatoms. The van der Waals surface area contributed by atoms with Crippen LogP contribution in [0.4, 0.5) is 0 Å². The van der Waals surface area contributed by atoms with E-state index in [4.69, 9.17) is 0 Å². The van der Waals surface area contributed by atoms with Crippen LogP contribution in [0.15, 0.2) is 40.1 Å². The maximum absolute atomic E-state index is 12.3. The molecule has 2 aromatic heterocycles. The number of para-hydroxylation sites is 1. The highest BCUT2D eigenvalue weighted by Crippen LogP contribution is 2.31. The van der Waals surface area contributed by atoms with E-state index in [0.29, 0.717) is 16.6 Å². The van der Waals surface area contributed by atoms with Crippen LogP contribution in [0.1, 0.15) is 16.1 Å². The Hall–Kier alpha value is -2.89. The number of hydrogen-bond acceptors (Lipinski definition) is 3. The zero-order valence-corrected chi connectivity index (χ0v) is 9.56. The molecule has 0 bridgehead atoms. The second kappa shape index (κ2) is 3.11. The van der Waals surface area contributed by atoms with Gasteiger partial charge in [0, 0.05) is 11.8 Å². The second-order valence-electron chi connectivity index (χ2n) is 4.39. The number of ketones is 1. The first-order valence-corrected chi connectivity index (χ1v) is 5.68. The minimum absolute atomic E-state index is 0.188. The monoisotopic (exact) mass is 253 g/mol.